The maximum Gasteiger partial charge on any atom is 0.146 e. The van der Waals surface area contributed by atoms with Crippen molar-refractivity contribution in [1.29, 1.82) is 0 Å². The summed E-state index contributed by atoms with van der Waals surface area (Å²) in [5.41, 5.74) is 1.58. The molecule has 0 N–H and O–H groups in total. The highest BCUT2D eigenvalue weighted by molar-refractivity contribution is 6.17. The van der Waals surface area contributed by atoms with Crippen LogP contribution in [0.2, 0.25) is 0 Å². The Morgan fingerprint density at radius 1 is 1.44 bits per heavy atom. The predicted octanol–water partition coefficient (Wildman–Crippen LogP) is 3.94. The lowest BCUT2D eigenvalue weighted by Crippen LogP contribution is -2.27. The molecule has 0 saturated heterocycles. The van der Waals surface area contributed by atoms with Crippen molar-refractivity contribution < 1.29 is 4.39 Å². The molecule has 3 heteroatoms. The number of anilines is 1. The largest absolute Gasteiger partial charge is 0.366 e. The zero-order valence-electron chi connectivity index (χ0n) is 9.55. The molecule has 1 saturated carbocycles. The number of hydrogen-bond acceptors (Lipinski definition) is 1. The maximum atomic E-state index is 13.9. The fourth-order valence-corrected chi connectivity index (χ4v) is 2.16. The van der Waals surface area contributed by atoms with E-state index < -0.39 is 0 Å². The molecule has 1 aromatic carbocycles. The van der Waals surface area contributed by atoms with Crippen LogP contribution in [-0.2, 0) is 5.88 Å². The van der Waals surface area contributed by atoms with Gasteiger partial charge in [-0.1, -0.05) is 13.0 Å². The quantitative estimate of drug-likeness (QED) is 0.706. The minimum Gasteiger partial charge on any atom is -0.366 e. The van der Waals surface area contributed by atoms with Crippen molar-refractivity contribution >= 4 is 17.3 Å². The predicted molar refractivity (Wildman–Crippen MR) is 66.6 cm³/mol. The number of nitrogens with zero attached hydrogens (tertiary/aromatic N) is 1. The molecule has 2 rings (SSSR count). The highest BCUT2D eigenvalue weighted by atomic mass is 35.5. The lowest BCUT2D eigenvalue weighted by molar-refractivity contribution is 0.612. The van der Waals surface area contributed by atoms with Gasteiger partial charge in [0, 0.05) is 18.5 Å². The molecule has 0 bridgehead atoms. The third-order valence-electron chi connectivity index (χ3n) is 2.93. The maximum absolute atomic E-state index is 13.9. The second kappa shape index (κ2) is 5.05. The van der Waals surface area contributed by atoms with Crippen molar-refractivity contribution in [3.8, 4) is 0 Å². The molecular weight excluding hydrogens is 225 g/mol. The minimum atomic E-state index is -0.140. The van der Waals surface area contributed by atoms with Gasteiger partial charge in [-0.05, 0) is 37.0 Å². The van der Waals surface area contributed by atoms with E-state index in [0.29, 0.717) is 11.9 Å². The van der Waals surface area contributed by atoms with Crippen LogP contribution in [0.4, 0.5) is 10.1 Å². The van der Waals surface area contributed by atoms with Crippen LogP contribution in [0.25, 0.3) is 0 Å². The van der Waals surface area contributed by atoms with Crippen LogP contribution in [0.1, 0.15) is 31.7 Å². The van der Waals surface area contributed by atoms with Gasteiger partial charge in [-0.25, -0.2) is 4.39 Å². The first kappa shape index (κ1) is 11.7. The Bertz CT molecular complexity index is 363. The molecule has 0 aliphatic heterocycles. The van der Waals surface area contributed by atoms with E-state index in [9.17, 15) is 4.39 Å². The Balaban J connectivity index is 2.22. The Hall–Kier alpha value is -0.760. The van der Waals surface area contributed by atoms with E-state index in [1.165, 1.54) is 12.8 Å². The van der Waals surface area contributed by atoms with Crippen LogP contribution < -0.4 is 4.90 Å². The van der Waals surface area contributed by atoms with Crippen LogP contribution in [0.15, 0.2) is 18.2 Å². The van der Waals surface area contributed by atoms with Gasteiger partial charge in [0.15, 0.2) is 0 Å². The van der Waals surface area contributed by atoms with Gasteiger partial charge in [-0.15, -0.1) is 11.6 Å². The average Bonchev–Trinajstić information content (AvgIpc) is 3.10. The molecular formula is C13H17ClFN. The Morgan fingerprint density at radius 3 is 2.69 bits per heavy atom. The van der Waals surface area contributed by atoms with E-state index in [0.717, 1.165) is 24.2 Å². The van der Waals surface area contributed by atoms with Crippen LogP contribution in [0, 0.1) is 5.82 Å². The number of benzene rings is 1. The number of rotatable bonds is 5. The van der Waals surface area contributed by atoms with Crippen molar-refractivity contribution in [3.05, 3.63) is 29.6 Å². The van der Waals surface area contributed by atoms with Gasteiger partial charge < -0.3 is 4.90 Å². The molecule has 1 aliphatic rings. The van der Waals surface area contributed by atoms with E-state index in [4.69, 9.17) is 11.6 Å². The molecule has 0 unspecified atom stereocenters. The lowest BCUT2D eigenvalue weighted by atomic mass is 10.2. The smallest absolute Gasteiger partial charge is 0.146 e. The van der Waals surface area contributed by atoms with E-state index >= 15 is 0 Å². The summed E-state index contributed by atoms with van der Waals surface area (Å²) < 4.78 is 13.9. The summed E-state index contributed by atoms with van der Waals surface area (Å²) in [6.07, 6.45) is 3.43. The van der Waals surface area contributed by atoms with Crippen molar-refractivity contribution in [2.24, 2.45) is 0 Å². The van der Waals surface area contributed by atoms with Crippen LogP contribution in [0.3, 0.4) is 0 Å². The molecule has 1 aliphatic carbocycles. The van der Waals surface area contributed by atoms with Gasteiger partial charge in [0.2, 0.25) is 0 Å². The molecule has 0 aromatic heterocycles. The summed E-state index contributed by atoms with van der Waals surface area (Å²) in [6.45, 7) is 3.06. The van der Waals surface area contributed by atoms with Gasteiger partial charge in [0.05, 0.1) is 5.69 Å². The first-order chi connectivity index (χ1) is 7.76. The van der Waals surface area contributed by atoms with E-state index in [1.807, 2.05) is 12.1 Å². The lowest BCUT2D eigenvalue weighted by Gasteiger charge is -2.24. The second-order valence-corrected chi connectivity index (χ2v) is 4.61. The third-order valence-corrected chi connectivity index (χ3v) is 3.24. The fourth-order valence-electron chi connectivity index (χ4n) is 1.99. The highest BCUT2D eigenvalue weighted by Crippen LogP contribution is 2.33. The molecule has 88 valence electrons. The number of hydrogen-bond donors (Lipinski definition) is 0. The molecule has 16 heavy (non-hydrogen) atoms. The van der Waals surface area contributed by atoms with Gasteiger partial charge >= 0.3 is 0 Å². The monoisotopic (exact) mass is 241 g/mol. The van der Waals surface area contributed by atoms with E-state index in [-0.39, 0.29) is 5.82 Å². The molecule has 1 fully saturated rings. The van der Waals surface area contributed by atoms with Crippen LogP contribution in [-0.4, -0.2) is 12.6 Å². The molecule has 0 heterocycles. The normalized spacial score (nSPS) is 15.2. The van der Waals surface area contributed by atoms with Crippen LogP contribution in [0.5, 0.6) is 0 Å². The summed E-state index contributed by atoms with van der Waals surface area (Å²) in [5.74, 6) is 0.229. The third kappa shape index (κ3) is 2.49. The molecule has 0 radical (unpaired) electrons. The van der Waals surface area contributed by atoms with E-state index in [2.05, 4.69) is 11.8 Å². The molecule has 0 spiro atoms. The standard InChI is InChI=1S/C13H17ClFN/c1-2-7-16(11-4-5-11)13-6-3-10(9-14)8-12(13)15/h3,6,8,11H,2,4-5,7,9H2,1H3. The Kier molecular flexibility index (Phi) is 3.70. The van der Waals surface area contributed by atoms with Crippen molar-refractivity contribution in [1.82, 2.24) is 0 Å². The average molecular weight is 242 g/mol. The number of halogens is 2. The highest BCUT2D eigenvalue weighted by Gasteiger charge is 2.29. The summed E-state index contributed by atoms with van der Waals surface area (Å²) in [4.78, 5) is 2.19. The van der Waals surface area contributed by atoms with Crippen molar-refractivity contribution in [3.63, 3.8) is 0 Å². The summed E-state index contributed by atoms with van der Waals surface area (Å²) in [6, 6.07) is 5.88. The van der Waals surface area contributed by atoms with Gasteiger partial charge in [0.1, 0.15) is 5.82 Å². The van der Waals surface area contributed by atoms with Gasteiger partial charge in [0.25, 0.3) is 0 Å². The second-order valence-electron chi connectivity index (χ2n) is 4.34. The molecule has 0 atom stereocenters. The topological polar surface area (TPSA) is 3.24 Å². The van der Waals surface area contributed by atoms with E-state index in [1.54, 1.807) is 6.07 Å². The first-order valence-electron chi connectivity index (χ1n) is 5.87. The molecule has 1 nitrogen and oxygen atoms in total. The molecule has 0 amide bonds. The van der Waals surface area contributed by atoms with Crippen molar-refractivity contribution in [2.45, 2.75) is 38.1 Å². The zero-order valence-corrected chi connectivity index (χ0v) is 10.3. The molecule has 1 aromatic rings. The van der Waals surface area contributed by atoms with Crippen molar-refractivity contribution in [2.75, 3.05) is 11.4 Å². The fraction of sp³-hybridized carbons (Fsp3) is 0.538. The SMILES string of the molecule is CCCN(c1ccc(CCl)cc1F)C1CC1. The van der Waals surface area contributed by atoms with Gasteiger partial charge in [-0.2, -0.15) is 0 Å². The summed E-state index contributed by atoms with van der Waals surface area (Å²) in [7, 11) is 0. The summed E-state index contributed by atoms with van der Waals surface area (Å²) in [5, 5.41) is 0. The number of alkyl halides is 1. The van der Waals surface area contributed by atoms with Crippen LogP contribution >= 0.6 is 11.6 Å². The van der Waals surface area contributed by atoms with Gasteiger partial charge in [-0.3, -0.25) is 0 Å². The first-order valence-corrected chi connectivity index (χ1v) is 6.40. The Labute approximate surface area is 101 Å². The summed E-state index contributed by atoms with van der Waals surface area (Å²) >= 11 is 5.69. The zero-order chi connectivity index (χ0) is 11.5. The minimum absolute atomic E-state index is 0.140. The Morgan fingerprint density at radius 2 is 2.19 bits per heavy atom.